The molecule has 2 amide bonds. The first-order valence-electron chi connectivity index (χ1n) is 9.58. The van der Waals surface area contributed by atoms with Gasteiger partial charge < -0.3 is 31.7 Å². The molecule has 30 heavy (non-hydrogen) atoms. The van der Waals surface area contributed by atoms with Crippen LogP contribution in [0.25, 0.3) is 0 Å². The molecule has 0 saturated heterocycles. The van der Waals surface area contributed by atoms with Crippen molar-refractivity contribution >= 4 is 23.8 Å². The van der Waals surface area contributed by atoms with Crippen molar-refractivity contribution in [2.45, 2.75) is 57.7 Å². The molecule has 0 fully saturated rings. The first-order valence-corrected chi connectivity index (χ1v) is 9.58. The molecule has 0 heterocycles. The summed E-state index contributed by atoms with van der Waals surface area (Å²) >= 11 is 0. The van der Waals surface area contributed by atoms with Gasteiger partial charge in [0.2, 0.25) is 11.8 Å². The number of nitrogens with two attached hydrogens (primary N) is 1. The fraction of sp³-hybridized carbons (Fsp3) is 0.500. The molecule has 10 nitrogen and oxygen atoms in total. The van der Waals surface area contributed by atoms with Gasteiger partial charge in [-0.25, -0.2) is 4.79 Å². The average molecular weight is 423 g/mol. The molecule has 166 valence electrons. The zero-order valence-electron chi connectivity index (χ0n) is 17.0. The highest BCUT2D eigenvalue weighted by atomic mass is 16.4. The van der Waals surface area contributed by atoms with E-state index in [9.17, 15) is 29.4 Å². The highest BCUT2D eigenvalue weighted by Gasteiger charge is 2.28. The Balaban J connectivity index is 2.79. The van der Waals surface area contributed by atoms with E-state index in [2.05, 4.69) is 10.6 Å². The van der Waals surface area contributed by atoms with E-state index in [1.807, 2.05) is 13.8 Å². The lowest BCUT2D eigenvalue weighted by atomic mass is 10.0. The van der Waals surface area contributed by atoms with E-state index in [1.165, 1.54) is 12.1 Å². The minimum Gasteiger partial charge on any atom is -0.508 e. The lowest BCUT2D eigenvalue weighted by Crippen LogP contribution is -2.55. The maximum atomic E-state index is 12.6. The van der Waals surface area contributed by atoms with Crippen LogP contribution in [0.2, 0.25) is 0 Å². The molecule has 0 unspecified atom stereocenters. The van der Waals surface area contributed by atoms with Crippen molar-refractivity contribution in [1.82, 2.24) is 10.6 Å². The number of phenolic OH excluding ortho intramolecular Hbond substituents is 1. The number of rotatable bonds is 12. The Morgan fingerprint density at radius 1 is 0.967 bits per heavy atom. The predicted octanol–water partition coefficient (Wildman–Crippen LogP) is 0.227. The van der Waals surface area contributed by atoms with Crippen LogP contribution in [0, 0.1) is 5.92 Å². The molecule has 7 N–H and O–H groups in total. The number of amides is 2. The van der Waals surface area contributed by atoms with Gasteiger partial charge in [0.25, 0.3) is 0 Å². The van der Waals surface area contributed by atoms with Gasteiger partial charge in [-0.05, 0) is 42.9 Å². The molecule has 0 bridgehead atoms. The van der Waals surface area contributed by atoms with E-state index in [0.717, 1.165) is 5.56 Å². The van der Waals surface area contributed by atoms with Crippen LogP contribution in [0.15, 0.2) is 24.3 Å². The molecule has 3 atom stereocenters. The van der Waals surface area contributed by atoms with Crippen LogP contribution in [0.3, 0.4) is 0 Å². The second kappa shape index (κ2) is 11.8. The van der Waals surface area contributed by atoms with Crippen molar-refractivity contribution in [2.24, 2.45) is 11.7 Å². The van der Waals surface area contributed by atoms with Gasteiger partial charge in [-0.2, -0.15) is 0 Å². The molecule has 1 rings (SSSR count). The van der Waals surface area contributed by atoms with Gasteiger partial charge in [0.1, 0.15) is 17.8 Å². The van der Waals surface area contributed by atoms with Crippen LogP contribution >= 0.6 is 0 Å². The minimum absolute atomic E-state index is 0.0108. The quantitative estimate of drug-likeness (QED) is 0.276. The largest absolute Gasteiger partial charge is 0.508 e. The first kappa shape index (κ1) is 24.9. The summed E-state index contributed by atoms with van der Waals surface area (Å²) in [6.45, 7) is 3.67. The lowest BCUT2D eigenvalue weighted by Gasteiger charge is -2.24. The number of nitrogens with one attached hydrogen (secondary N) is 2. The number of phenols is 1. The minimum atomic E-state index is -1.38. The summed E-state index contributed by atoms with van der Waals surface area (Å²) in [7, 11) is 0. The van der Waals surface area contributed by atoms with E-state index in [-0.39, 0.29) is 30.9 Å². The number of carboxylic acid groups (broad SMARTS) is 2. The molecule has 0 radical (unpaired) electrons. The summed E-state index contributed by atoms with van der Waals surface area (Å²) in [5, 5.41) is 32.1. The Labute approximate surface area is 174 Å². The Kier molecular flexibility index (Phi) is 9.76. The zero-order valence-corrected chi connectivity index (χ0v) is 17.0. The van der Waals surface area contributed by atoms with Gasteiger partial charge in [0.05, 0.1) is 6.04 Å². The standard InChI is InChI=1S/C20H29N3O7/c1-11(2)9-16(19(28)22-15(20(29)30)7-8-17(25)26)23-18(27)14(21)10-12-3-5-13(24)6-4-12/h3-6,11,14-16,24H,7-10,21H2,1-2H3,(H,22,28)(H,23,27)(H,25,26)(H,29,30)/t14-,15-,16-/m0/s1. The van der Waals surface area contributed by atoms with Crippen LogP contribution < -0.4 is 16.4 Å². The van der Waals surface area contributed by atoms with Crippen LogP contribution in [-0.4, -0.2) is 57.2 Å². The van der Waals surface area contributed by atoms with Crippen molar-refractivity contribution in [3.63, 3.8) is 0 Å². The zero-order chi connectivity index (χ0) is 22.8. The van der Waals surface area contributed by atoms with Crippen molar-refractivity contribution < 1.29 is 34.5 Å². The van der Waals surface area contributed by atoms with Gasteiger partial charge >= 0.3 is 11.9 Å². The first-order chi connectivity index (χ1) is 14.0. The molecular formula is C20H29N3O7. The fourth-order valence-electron chi connectivity index (χ4n) is 2.76. The third-order valence-electron chi connectivity index (χ3n) is 4.33. The summed E-state index contributed by atoms with van der Waals surface area (Å²) < 4.78 is 0. The fourth-order valence-corrected chi connectivity index (χ4v) is 2.76. The van der Waals surface area contributed by atoms with E-state index in [0.29, 0.717) is 0 Å². The Morgan fingerprint density at radius 3 is 2.03 bits per heavy atom. The molecule has 0 aromatic heterocycles. The Morgan fingerprint density at radius 2 is 1.53 bits per heavy atom. The van der Waals surface area contributed by atoms with Gasteiger partial charge in [-0.3, -0.25) is 14.4 Å². The molecule has 0 aliphatic heterocycles. The van der Waals surface area contributed by atoms with E-state index in [1.54, 1.807) is 12.1 Å². The summed E-state index contributed by atoms with van der Waals surface area (Å²) in [5.74, 6) is -3.74. The monoisotopic (exact) mass is 423 g/mol. The second-order valence-corrected chi connectivity index (χ2v) is 7.50. The average Bonchev–Trinajstić information content (AvgIpc) is 2.65. The third-order valence-corrected chi connectivity index (χ3v) is 4.33. The van der Waals surface area contributed by atoms with Gasteiger partial charge in [-0.1, -0.05) is 26.0 Å². The molecular weight excluding hydrogens is 394 g/mol. The van der Waals surface area contributed by atoms with E-state index >= 15 is 0 Å². The predicted molar refractivity (Wildman–Crippen MR) is 108 cm³/mol. The molecule has 0 saturated carbocycles. The summed E-state index contributed by atoms with van der Waals surface area (Å²) in [6, 6.07) is 2.83. The molecule has 0 aliphatic rings. The molecule has 1 aromatic carbocycles. The molecule has 10 heteroatoms. The number of carbonyl (C=O) groups excluding carboxylic acids is 2. The van der Waals surface area contributed by atoms with Crippen molar-refractivity contribution in [3.8, 4) is 5.75 Å². The number of carbonyl (C=O) groups is 4. The van der Waals surface area contributed by atoms with Gasteiger partial charge in [0, 0.05) is 6.42 Å². The molecule has 1 aromatic rings. The maximum absolute atomic E-state index is 12.6. The van der Waals surface area contributed by atoms with Crippen LogP contribution in [-0.2, 0) is 25.6 Å². The molecule has 0 aliphatic carbocycles. The van der Waals surface area contributed by atoms with Crippen molar-refractivity contribution in [3.05, 3.63) is 29.8 Å². The number of benzene rings is 1. The van der Waals surface area contributed by atoms with Gasteiger partial charge in [0.15, 0.2) is 0 Å². The molecule has 0 spiro atoms. The highest BCUT2D eigenvalue weighted by Crippen LogP contribution is 2.12. The van der Waals surface area contributed by atoms with E-state index in [4.69, 9.17) is 10.8 Å². The number of hydrogen-bond donors (Lipinski definition) is 6. The maximum Gasteiger partial charge on any atom is 0.326 e. The summed E-state index contributed by atoms with van der Waals surface area (Å²) in [6.07, 6.45) is -0.275. The number of hydrogen-bond acceptors (Lipinski definition) is 6. The Bertz CT molecular complexity index is 749. The Hall–Kier alpha value is -3.14. The topological polar surface area (TPSA) is 179 Å². The summed E-state index contributed by atoms with van der Waals surface area (Å²) in [5.41, 5.74) is 6.65. The van der Waals surface area contributed by atoms with E-state index < -0.39 is 48.3 Å². The van der Waals surface area contributed by atoms with Crippen molar-refractivity contribution in [1.29, 1.82) is 0 Å². The number of aromatic hydroxyl groups is 1. The third kappa shape index (κ3) is 8.91. The summed E-state index contributed by atoms with van der Waals surface area (Å²) in [4.78, 5) is 47.1. The van der Waals surface area contributed by atoms with Crippen LogP contribution in [0.1, 0.15) is 38.7 Å². The SMILES string of the molecule is CC(C)C[C@H](NC(=O)[C@@H](N)Cc1ccc(O)cc1)C(=O)N[C@@H](CCC(=O)O)C(=O)O. The lowest BCUT2D eigenvalue weighted by molar-refractivity contribution is -0.143. The van der Waals surface area contributed by atoms with Crippen LogP contribution in [0.5, 0.6) is 5.75 Å². The smallest absolute Gasteiger partial charge is 0.326 e. The van der Waals surface area contributed by atoms with Crippen molar-refractivity contribution in [2.75, 3.05) is 0 Å². The van der Waals surface area contributed by atoms with Gasteiger partial charge in [-0.15, -0.1) is 0 Å². The van der Waals surface area contributed by atoms with Crippen LogP contribution in [0.4, 0.5) is 0 Å². The number of aliphatic carboxylic acids is 2. The highest BCUT2D eigenvalue weighted by molar-refractivity contribution is 5.92. The number of carboxylic acids is 2. The normalized spacial score (nSPS) is 13.9. The second-order valence-electron chi connectivity index (χ2n) is 7.50.